The third kappa shape index (κ3) is 4.59. The van der Waals surface area contributed by atoms with E-state index in [-0.39, 0.29) is 10.8 Å². The molecule has 1 fully saturated rings. The van der Waals surface area contributed by atoms with Crippen LogP contribution < -0.4 is 9.62 Å². The summed E-state index contributed by atoms with van der Waals surface area (Å²) in [6.07, 6.45) is 3.35. The molecule has 1 aliphatic rings. The molecule has 0 atom stereocenters. The Morgan fingerprint density at radius 1 is 1.33 bits per heavy atom. The average Bonchev–Trinajstić information content (AvgIpc) is 2.69. The average molecular weight is 405 g/mol. The predicted molar refractivity (Wildman–Crippen MR) is 105 cm³/mol. The van der Waals surface area contributed by atoms with E-state index in [0.717, 1.165) is 31.5 Å². The Morgan fingerprint density at radius 2 is 2.07 bits per heavy atom. The van der Waals surface area contributed by atoms with Gasteiger partial charge in [0.15, 0.2) is 0 Å². The molecule has 2 aromatic rings. The molecular formula is C19H21ClN4O2S. The summed E-state index contributed by atoms with van der Waals surface area (Å²) < 4.78 is 27.7. The number of piperidine rings is 1. The summed E-state index contributed by atoms with van der Waals surface area (Å²) in [5.74, 6) is 0.944. The second-order valence-corrected chi connectivity index (χ2v) is 8.85. The molecule has 0 bridgehead atoms. The molecule has 0 amide bonds. The van der Waals surface area contributed by atoms with Crippen molar-refractivity contribution in [3.05, 3.63) is 52.7 Å². The van der Waals surface area contributed by atoms with Crippen molar-refractivity contribution in [1.29, 1.82) is 5.26 Å². The number of aromatic nitrogens is 1. The minimum Gasteiger partial charge on any atom is -0.356 e. The molecule has 3 rings (SSSR count). The van der Waals surface area contributed by atoms with E-state index in [1.807, 2.05) is 6.92 Å². The molecule has 0 saturated carbocycles. The molecule has 1 aromatic carbocycles. The van der Waals surface area contributed by atoms with Gasteiger partial charge in [-0.15, -0.1) is 0 Å². The highest BCUT2D eigenvalue weighted by atomic mass is 35.5. The second kappa shape index (κ2) is 8.26. The van der Waals surface area contributed by atoms with Gasteiger partial charge in [0.1, 0.15) is 11.9 Å². The summed E-state index contributed by atoms with van der Waals surface area (Å²) in [6.45, 7) is 3.71. The number of pyridine rings is 1. The standard InChI is InChI=1S/C19H21ClN4O2S/c1-14-4-5-17(11-18(14)20)27(25,26)23-13-15-6-9-24(10-7-15)19-16(12-21)3-2-8-22-19/h2-5,8,11,15,23H,6-7,9-10,13H2,1H3. The maximum absolute atomic E-state index is 12.5. The van der Waals surface area contributed by atoms with E-state index in [4.69, 9.17) is 11.6 Å². The van der Waals surface area contributed by atoms with Crippen LogP contribution >= 0.6 is 11.6 Å². The Hall–Kier alpha value is -2.14. The molecule has 1 N–H and O–H groups in total. The van der Waals surface area contributed by atoms with Crippen LogP contribution in [-0.4, -0.2) is 33.0 Å². The molecule has 2 heterocycles. The summed E-state index contributed by atoms with van der Waals surface area (Å²) >= 11 is 6.04. The Balaban J connectivity index is 1.58. The van der Waals surface area contributed by atoms with Gasteiger partial charge >= 0.3 is 0 Å². The molecule has 0 unspecified atom stereocenters. The maximum atomic E-state index is 12.5. The number of sulfonamides is 1. The van der Waals surface area contributed by atoms with Gasteiger partial charge in [0, 0.05) is 30.9 Å². The normalized spacial score (nSPS) is 15.5. The minimum absolute atomic E-state index is 0.183. The monoisotopic (exact) mass is 404 g/mol. The highest BCUT2D eigenvalue weighted by Gasteiger charge is 2.24. The van der Waals surface area contributed by atoms with E-state index in [9.17, 15) is 13.7 Å². The summed E-state index contributed by atoms with van der Waals surface area (Å²) in [5.41, 5.74) is 1.40. The first-order valence-corrected chi connectivity index (χ1v) is 10.6. The molecule has 1 saturated heterocycles. The van der Waals surface area contributed by atoms with E-state index in [1.54, 1.807) is 30.5 Å². The van der Waals surface area contributed by atoms with Gasteiger partial charge in [-0.1, -0.05) is 17.7 Å². The largest absolute Gasteiger partial charge is 0.356 e. The van der Waals surface area contributed by atoms with Crippen molar-refractivity contribution in [2.24, 2.45) is 5.92 Å². The minimum atomic E-state index is -3.58. The molecule has 0 aliphatic carbocycles. The zero-order valence-electron chi connectivity index (χ0n) is 15.0. The fourth-order valence-electron chi connectivity index (χ4n) is 3.14. The van der Waals surface area contributed by atoms with Crippen molar-refractivity contribution < 1.29 is 8.42 Å². The van der Waals surface area contributed by atoms with Gasteiger partial charge in [0.2, 0.25) is 10.0 Å². The highest BCUT2D eigenvalue weighted by molar-refractivity contribution is 7.89. The Bertz CT molecular complexity index is 964. The zero-order chi connectivity index (χ0) is 19.4. The van der Waals surface area contributed by atoms with Crippen LogP contribution in [0.3, 0.4) is 0 Å². The van der Waals surface area contributed by atoms with Gasteiger partial charge in [0.25, 0.3) is 0 Å². The van der Waals surface area contributed by atoms with Crippen molar-refractivity contribution in [2.75, 3.05) is 24.5 Å². The third-order valence-corrected chi connectivity index (χ3v) is 6.67. The first-order chi connectivity index (χ1) is 12.9. The highest BCUT2D eigenvalue weighted by Crippen LogP contribution is 2.25. The topological polar surface area (TPSA) is 86.1 Å². The van der Waals surface area contributed by atoms with Crippen LogP contribution in [0.4, 0.5) is 5.82 Å². The first kappa shape index (κ1) is 19.6. The number of anilines is 1. The summed E-state index contributed by atoms with van der Waals surface area (Å²) in [4.78, 5) is 6.59. The van der Waals surface area contributed by atoms with Crippen LogP contribution in [0.15, 0.2) is 41.4 Å². The first-order valence-electron chi connectivity index (χ1n) is 8.76. The molecular weight excluding hydrogens is 384 g/mol. The van der Waals surface area contributed by atoms with E-state index >= 15 is 0 Å². The smallest absolute Gasteiger partial charge is 0.240 e. The van der Waals surface area contributed by atoms with Crippen molar-refractivity contribution >= 4 is 27.4 Å². The zero-order valence-corrected chi connectivity index (χ0v) is 16.6. The SMILES string of the molecule is Cc1ccc(S(=O)(=O)NCC2CCN(c3ncccc3C#N)CC2)cc1Cl. The molecule has 142 valence electrons. The van der Waals surface area contributed by atoms with Crippen molar-refractivity contribution in [3.63, 3.8) is 0 Å². The Morgan fingerprint density at radius 3 is 2.74 bits per heavy atom. The van der Waals surface area contributed by atoms with Gasteiger partial charge in [-0.05, 0) is 55.5 Å². The fraction of sp³-hybridized carbons (Fsp3) is 0.368. The van der Waals surface area contributed by atoms with E-state index in [0.29, 0.717) is 22.9 Å². The number of halogens is 1. The maximum Gasteiger partial charge on any atom is 0.240 e. The molecule has 1 aliphatic heterocycles. The van der Waals surface area contributed by atoms with Gasteiger partial charge in [-0.3, -0.25) is 0 Å². The van der Waals surface area contributed by atoms with Crippen molar-refractivity contribution in [1.82, 2.24) is 9.71 Å². The molecule has 0 radical (unpaired) electrons. The summed E-state index contributed by atoms with van der Waals surface area (Å²) in [6, 6.07) is 10.4. The third-order valence-electron chi connectivity index (χ3n) is 4.84. The molecule has 0 spiro atoms. The lowest BCUT2D eigenvalue weighted by Crippen LogP contribution is -2.39. The number of hydrogen-bond acceptors (Lipinski definition) is 5. The quantitative estimate of drug-likeness (QED) is 0.827. The number of hydrogen-bond donors (Lipinski definition) is 1. The van der Waals surface area contributed by atoms with Crippen LogP contribution in [0.5, 0.6) is 0 Å². The van der Waals surface area contributed by atoms with Crippen LogP contribution in [0.25, 0.3) is 0 Å². The van der Waals surface area contributed by atoms with Gasteiger partial charge < -0.3 is 4.90 Å². The van der Waals surface area contributed by atoms with Crippen molar-refractivity contribution in [2.45, 2.75) is 24.7 Å². The Kier molecular flexibility index (Phi) is 6.00. The van der Waals surface area contributed by atoms with Crippen LogP contribution in [-0.2, 0) is 10.0 Å². The lowest BCUT2D eigenvalue weighted by Gasteiger charge is -2.33. The molecule has 1 aromatic heterocycles. The molecule has 27 heavy (non-hydrogen) atoms. The van der Waals surface area contributed by atoms with Crippen molar-refractivity contribution in [3.8, 4) is 6.07 Å². The fourth-order valence-corrected chi connectivity index (χ4v) is 4.52. The van der Waals surface area contributed by atoms with E-state index < -0.39 is 10.0 Å². The predicted octanol–water partition coefficient (Wildman–Crippen LogP) is 3.11. The van der Waals surface area contributed by atoms with Crippen LogP contribution in [0, 0.1) is 24.2 Å². The van der Waals surface area contributed by atoms with E-state index in [2.05, 4.69) is 20.7 Å². The lowest BCUT2D eigenvalue weighted by atomic mass is 9.97. The summed E-state index contributed by atoms with van der Waals surface area (Å²) in [5, 5.41) is 9.66. The number of nitrogens with zero attached hydrogens (tertiary/aromatic N) is 3. The van der Waals surface area contributed by atoms with Gasteiger partial charge in [-0.25, -0.2) is 18.1 Å². The summed E-state index contributed by atoms with van der Waals surface area (Å²) in [7, 11) is -3.58. The molecule has 6 nitrogen and oxygen atoms in total. The van der Waals surface area contributed by atoms with Crippen LogP contribution in [0.1, 0.15) is 24.0 Å². The number of rotatable bonds is 5. The van der Waals surface area contributed by atoms with E-state index in [1.165, 1.54) is 6.07 Å². The lowest BCUT2D eigenvalue weighted by molar-refractivity contribution is 0.400. The number of nitriles is 1. The molecule has 8 heteroatoms. The number of benzene rings is 1. The Labute approximate surface area is 164 Å². The van der Waals surface area contributed by atoms with Crippen LogP contribution in [0.2, 0.25) is 5.02 Å². The van der Waals surface area contributed by atoms with Gasteiger partial charge in [0.05, 0.1) is 10.5 Å². The number of aryl methyl sites for hydroxylation is 1. The number of nitrogens with one attached hydrogen (secondary N) is 1. The van der Waals surface area contributed by atoms with Gasteiger partial charge in [-0.2, -0.15) is 5.26 Å². The second-order valence-electron chi connectivity index (χ2n) is 6.68.